The number of hydrogen-bond acceptors (Lipinski definition) is 5. The fraction of sp³-hybridized carbons (Fsp3) is 0.279. The Bertz CT molecular complexity index is 1550. The monoisotopic (exact) mass is 637 g/mol. The second kappa shape index (κ2) is 15.9. The maximum atomic E-state index is 12.6. The molecule has 4 aromatic carbocycles. The zero-order valence-corrected chi connectivity index (χ0v) is 28.4. The van der Waals surface area contributed by atoms with Crippen LogP contribution in [-0.2, 0) is 11.2 Å². The molecule has 5 aromatic rings. The van der Waals surface area contributed by atoms with Crippen LogP contribution in [0, 0.1) is 11.8 Å². The van der Waals surface area contributed by atoms with Gasteiger partial charge < -0.3 is 10.2 Å². The van der Waals surface area contributed by atoms with E-state index in [1.807, 2.05) is 140 Å². The lowest BCUT2D eigenvalue weighted by molar-refractivity contribution is 0.0328. The van der Waals surface area contributed by atoms with Crippen molar-refractivity contribution < 1.29 is 10.2 Å². The maximum absolute atomic E-state index is 12.6. The second-order valence-electron chi connectivity index (χ2n) is 12.7. The van der Waals surface area contributed by atoms with Crippen molar-refractivity contribution in [2.24, 2.45) is 21.8 Å². The first-order valence-corrected chi connectivity index (χ1v) is 17.0. The van der Waals surface area contributed by atoms with Crippen molar-refractivity contribution in [1.29, 1.82) is 0 Å². The highest BCUT2D eigenvalue weighted by molar-refractivity contribution is 5.82. The summed E-state index contributed by atoms with van der Waals surface area (Å²) in [5.41, 5.74) is 1.85. The minimum atomic E-state index is -1.34. The first-order valence-electron chi connectivity index (χ1n) is 17.0. The number of nitrogens with zero attached hydrogens (tertiary/aromatic N) is 3. The Morgan fingerprint density at radius 3 is 1.06 bits per heavy atom. The van der Waals surface area contributed by atoms with Gasteiger partial charge in [-0.25, -0.2) is 4.98 Å². The molecule has 5 heteroatoms. The summed E-state index contributed by atoms with van der Waals surface area (Å²) in [6, 6.07) is 44.0. The quantitative estimate of drug-likeness (QED) is 0.120. The number of benzene rings is 4. The molecular weight excluding hydrogens is 590 g/mol. The smallest absolute Gasteiger partial charge is 0.137 e. The molecule has 0 aliphatic carbocycles. The number of pyridine rings is 1. The van der Waals surface area contributed by atoms with E-state index in [2.05, 4.69) is 27.7 Å². The van der Waals surface area contributed by atoms with Crippen molar-refractivity contribution in [2.75, 3.05) is 0 Å². The molecule has 4 atom stereocenters. The van der Waals surface area contributed by atoms with Gasteiger partial charge in [-0.05, 0) is 46.2 Å². The molecule has 0 bridgehead atoms. The summed E-state index contributed by atoms with van der Waals surface area (Å²) in [7, 11) is 0. The molecule has 0 radical (unpaired) electrons. The molecule has 1 aromatic heterocycles. The van der Waals surface area contributed by atoms with Gasteiger partial charge in [0.25, 0.3) is 0 Å². The van der Waals surface area contributed by atoms with E-state index in [4.69, 9.17) is 15.0 Å². The van der Waals surface area contributed by atoms with Crippen molar-refractivity contribution in [3.8, 4) is 0 Å². The molecule has 0 amide bonds. The zero-order chi connectivity index (χ0) is 34.0. The molecule has 246 valence electrons. The van der Waals surface area contributed by atoms with Gasteiger partial charge in [-0.2, -0.15) is 0 Å². The van der Waals surface area contributed by atoms with E-state index in [-0.39, 0.29) is 11.8 Å². The third-order valence-corrected chi connectivity index (χ3v) is 9.60. The number of aromatic nitrogens is 1. The predicted octanol–water partition coefficient (Wildman–Crippen LogP) is 8.62. The highest BCUT2D eigenvalue weighted by Gasteiger charge is 2.43. The topological polar surface area (TPSA) is 78.1 Å². The molecule has 5 nitrogen and oxygen atoms in total. The minimum absolute atomic E-state index is 0.0707. The molecule has 5 rings (SSSR count). The number of aliphatic hydroxyl groups is 2. The Labute approximate surface area is 285 Å². The van der Waals surface area contributed by atoms with Crippen LogP contribution in [0.3, 0.4) is 0 Å². The molecule has 2 unspecified atom stereocenters. The Hall–Kier alpha value is -4.71. The van der Waals surface area contributed by atoms with E-state index < -0.39 is 23.3 Å². The van der Waals surface area contributed by atoms with Crippen molar-refractivity contribution in [3.63, 3.8) is 0 Å². The van der Waals surface area contributed by atoms with Crippen LogP contribution in [0.4, 0.5) is 0 Å². The van der Waals surface area contributed by atoms with Gasteiger partial charge in [0.15, 0.2) is 0 Å². The molecule has 0 spiro atoms. The molecule has 0 fully saturated rings. The third kappa shape index (κ3) is 7.38. The third-order valence-electron chi connectivity index (χ3n) is 9.60. The highest BCUT2D eigenvalue weighted by Crippen LogP contribution is 2.40. The van der Waals surface area contributed by atoms with Crippen LogP contribution in [0.25, 0.3) is 0 Å². The number of hydrogen-bond donors (Lipinski definition) is 2. The lowest BCUT2D eigenvalue weighted by Crippen LogP contribution is -2.43. The summed E-state index contributed by atoms with van der Waals surface area (Å²) in [6.45, 7) is 8.51. The fourth-order valence-electron chi connectivity index (χ4n) is 6.49. The highest BCUT2D eigenvalue weighted by atomic mass is 16.3. The molecule has 1 heterocycles. The van der Waals surface area contributed by atoms with Crippen molar-refractivity contribution in [3.05, 3.63) is 173 Å². The Morgan fingerprint density at radius 1 is 0.500 bits per heavy atom. The van der Waals surface area contributed by atoms with Crippen LogP contribution < -0.4 is 0 Å². The van der Waals surface area contributed by atoms with Crippen LogP contribution in [0.2, 0.25) is 0 Å². The van der Waals surface area contributed by atoms with Crippen molar-refractivity contribution in [1.82, 2.24) is 4.98 Å². The van der Waals surface area contributed by atoms with Gasteiger partial charge in [0, 0.05) is 12.4 Å². The van der Waals surface area contributed by atoms with Gasteiger partial charge >= 0.3 is 0 Å². The van der Waals surface area contributed by atoms with Crippen molar-refractivity contribution >= 4 is 12.4 Å². The first kappa shape index (κ1) is 34.6. The lowest BCUT2D eigenvalue weighted by Gasteiger charge is -2.38. The SMILES string of the molecule is CCC(C)[C@H](N=Cc1cccc(C=N[C@@H](C(C)CC)C(O)(c2ccccc2)c2ccccc2)n1)C(O)(c1ccccc1)c1ccccc1. The van der Waals surface area contributed by atoms with E-state index >= 15 is 0 Å². The number of aliphatic imine (C=N–C) groups is 2. The molecule has 0 saturated carbocycles. The molecule has 0 aliphatic heterocycles. The van der Waals surface area contributed by atoms with Crippen LogP contribution in [0.15, 0.2) is 150 Å². The minimum Gasteiger partial charge on any atom is -0.378 e. The Morgan fingerprint density at radius 2 is 0.792 bits per heavy atom. The van der Waals surface area contributed by atoms with Gasteiger partial charge in [0.1, 0.15) is 11.2 Å². The number of rotatable bonds is 14. The van der Waals surface area contributed by atoms with Gasteiger partial charge in [-0.3, -0.25) is 9.98 Å². The van der Waals surface area contributed by atoms with E-state index in [1.54, 1.807) is 12.4 Å². The average molecular weight is 638 g/mol. The van der Waals surface area contributed by atoms with Gasteiger partial charge in [-0.15, -0.1) is 0 Å². The fourth-order valence-corrected chi connectivity index (χ4v) is 6.49. The maximum Gasteiger partial charge on any atom is 0.137 e. The second-order valence-corrected chi connectivity index (χ2v) is 12.7. The van der Waals surface area contributed by atoms with Crippen LogP contribution in [-0.4, -0.2) is 39.7 Å². The zero-order valence-electron chi connectivity index (χ0n) is 28.4. The lowest BCUT2D eigenvalue weighted by atomic mass is 9.75. The predicted molar refractivity (Wildman–Crippen MR) is 198 cm³/mol. The standard InChI is InChI=1S/C43H47N3O2/c1-5-32(3)40(42(47,34-20-11-7-12-21-34)35-22-13-8-14-23-35)44-30-38-28-19-29-39(46-38)31-45-41(33(4)6-2)43(48,36-24-15-9-16-25-36)37-26-17-10-18-27-37/h7-33,40-41,47-48H,5-6H2,1-4H3/t32?,33?,40-,41-/m0/s1. The van der Waals surface area contributed by atoms with E-state index in [9.17, 15) is 10.2 Å². The molecule has 2 N–H and O–H groups in total. The van der Waals surface area contributed by atoms with Gasteiger partial charge in [0.2, 0.25) is 0 Å². The van der Waals surface area contributed by atoms with E-state index in [1.165, 1.54) is 0 Å². The summed E-state index contributed by atoms with van der Waals surface area (Å²) in [5.74, 6) is 0.141. The Kier molecular flexibility index (Phi) is 11.5. The summed E-state index contributed by atoms with van der Waals surface area (Å²) < 4.78 is 0. The van der Waals surface area contributed by atoms with E-state index in [0.717, 1.165) is 35.1 Å². The summed E-state index contributed by atoms with van der Waals surface area (Å²) in [6.07, 6.45) is 5.21. The molecule has 0 aliphatic rings. The Balaban J connectivity index is 1.51. The van der Waals surface area contributed by atoms with Crippen LogP contribution in [0.5, 0.6) is 0 Å². The van der Waals surface area contributed by atoms with Crippen molar-refractivity contribution in [2.45, 2.75) is 63.8 Å². The molecule has 48 heavy (non-hydrogen) atoms. The summed E-state index contributed by atoms with van der Waals surface area (Å²) in [5, 5.41) is 25.1. The molecule has 0 saturated heterocycles. The average Bonchev–Trinajstić information content (AvgIpc) is 3.16. The normalized spacial score (nSPS) is 15.0. The van der Waals surface area contributed by atoms with Gasteiger partial charge in [0.05, 0.1) is 23.5 Å². The summed E-state index contributed by atoms with van der Waals surface area (Å²) in [4.78, 5) is 15.0. The largest absolute Gasteiger partial charge is 0.378 e. The van der Waals surface area contributed by atoms with Crippen LogP contribution in [0.1, 0.15) is 74.2 Å². The van der Waals surface area contributed by atoms with Crippen LogP contribution >= 0.6 is 0 Å². The van der Waals surface area contributed by atoms with Gasteiger partial charge in [-0.1, -0.05) is 168 Å². The molecular formula is C43H47N3O2. The first-order chi connectivity index (χ1) is 23.3. The van der Waals surface area contributed by atoms with E-state index in [0.29, 0.717) is 11.4 Å². The summed E-state index contributed by atoms with van der Waals surface area (Å²) >= 11 is 0.